The SMILES string of the molecule is CCOC(=O)CCCCCCNC(=NC)N1CC(C)OC(c2ccc(F)cc2)C1.I. The highest BCUT2D eigenvalue weighted by Crippen LogP contribution is 2.25. The highest BCUT2D eigenvalue weighted by atomic mass is 127. The molecule has 2 unspecified atom stereocenters. The zero-order valence-electron chi connectivity index (χ0n) is 18.2. The Labute approximate surface area is 196 Å². The lowest BCUT2D eigenvalue weighted by molar-refractivity contribution is -0.143. The number of carbonyl (C=O) groups is 1. The fourth-order valence-corrected chi connectivity index (χ4v) is 3.50. The number of esters is 1. The molecule has 170 valence electrons. The third-order valence-electron chi connectivity index (χ3n) is 4.91. The van der Waals surface area contributed by atoms with Crippen molar-refractivity contribution in [2.45, 2.75) is 58.2 Å². The molecule has 1 fully saturated rings. The first-order valence-corrected chi connectivity index (χ1v) is 10.6. The van der Waals surface area contributed by atoms with Crippen LogP contribution in [0.3, 0.4) is 0 Å². The summed E-state index contributed by atoms with van der Waals surface area (Å²) in [6.45, 7) is 6.59. The highest BCUT2D eigenvalue weighted by Gasteiger charge is 2.28. The van der Waals surface area contributed by atoms with Crippen LogP contribution in [0.1, 0.15) is 57.6 Å². The van der Waals surface area contributed by atoms with Crippen molar-refractivity contribution in [3.05, 3.63) is 35.6 Å². The van der Waals surface area contributed by atoms with Crippen molar-refractivity contribution < 1.29 is 18.7 Å². The molecule has 8 heteroatoms. The zero-order chi connectivity index (χ0) is 21.1. The summed E-state index contributed by atoms with van der Waals surface area (Å²) in [5.74, 6) is 0.510. The van der Waals surface area contributed by atoms with Crippen LogP contribution < -0.4 is 5.32 Å². The van der Waals surface area contributed by atoms with Gasteiger partial charge < -0.3 is 19.7 Å². The summed E-state index contributed by atoms with van der Waals surface area (Å²) in [6.07, 6.45) is 4.40. The summed E-state index contributed by atoms with van der Waals surface area (Å²) in [5.41, 5.74) is 0.972. The van der Waals surface area contributed by atoms with Crippen LogP contribution in [-0.2, 0) is 14.3 Å². The molecular formula is C22H35FIN3O3. The number of rotatable bonds is 9. The molecule has 1 aromatic rings. The summed E-state index contributed by atoms with van der Waals surface area (Å²) in [7, 11) is 1.79. The Hall–Kier alpha value is -1.42. The van der Waals surface area contributed by atoms with E-state index in [4.69, 9.17) is 9.47 Å². The number of carbonyl (C=O) groups excluding carboxylic acids is 1. The zero-order valence-corrected chi connectivity index (χ0v) is 20.6. The molecule has 0 aromatic heterocycles. The predicted molar refractivity (Wildman–Crippen MR) is 128 cm³/mol. The van der Waals surface area contributed by atoms with Crippen molar-refractivity contribution in [3.63, 3.8) is 0 Å². The maximum Gasteiger partial charge on any atom is 0.305 e. The molecule has 0 amide bonds. The second kappa shape index (κ2) is 14.6. The molecule has 1 saturated heterocycles. The molecule has 6 nitrogen and oxygen atoms in total. The average Bonchev–Trinajstić information content (AvgIpc) is 2.70. The van der Waals surface area contributed by atoms with Crippen LogP contribution >= 0.6 is 24.0 Å². The molecule has 2 atom stereocenters. The number of ether oxygens (including phenoxy) is 2. The molecule has 2 rings (SSSR count). The molecule has 1 aromatic carbocycles. The summed E-state index contributed by atoms with van der Waals surface area (Å²) < 4.78 is 24.2. The summed E-state index contributed by atoms with van der Waals surface area (Å²) >= 11 is 0. The van der Waals surface area contributed by atoms with Crippen LogP contribution in [0.25, 0.3) is 0 Å². The first kappa shape index (κ1) is 26.6. The lowest BCUT2D eigenvalue weighted by Crippen LogP contribution is -2.50. The topological polar surface area (TPSA) is 63.2 Å². The third-order valence-corrected chi connectivity index (χ3v) is 4.91. The van der Waals surface area contributed by atoms with Gasteiger partial charge >= 0.3 is 5.97 Å². The van der Waals surface area contributed by atoms with Crippen LogP contribution in [0.4, 0.5) is 4.39 Å². The monoisotopic (exact) mass is 535 g/mol. The number of unbranched alkanes of at least 4 members (excludes halogenated alkanes) is 3. The Bertz CT molecular complexity index is 658. The standard InChI is InChI=1S/C22H34FN3O3.HI/c1-4-28-21(27)9-7-5-6-8-14-25-22(24-3)26-15-17(2)29-20(16-26)18-10-12-19(23)13-11-18;/h10-13,17,20H,4-9,14-16H2,1-3H3,(H,24,25);1H. The number of morpholine rings is 1. The third kappa shape index (κ3) is 9.16. The van der Waals surface area contributed by atoms with Crippen molar-refractivity contribution in [2.24, 2.45) is 4.99 Å². The number of hydrogen-bond donors (Lipinski definition) is 1. The Kier molecular flexibility index (Phi) is 12.9. The largest absolute Gasteiger partial charge is 0.466 e. The number of guanidine groups is 1. The maximum atomic E-state index is 13.2. The molecule has 0 saturated carbocycles. The fourth-order valence-electron chi connectivity index (χ4n) is 3.50. The van der Waals surface area contributed by atoms with Gasteiger partial charge in [-0.05, 0) is 44.4 Å². The Morgan fingerprint density at radius 1 is 1.23 bits per heavy atom. The van der Waals surface area contributed by atoms with Crippen LogP contribution in [0.5, 0.6) is 0 Å². The Balaban J connectivity index is 0.00000450. The molecule has 0 spiro atoms. The molecule has 30 heavy (non-hydrogen) atoms. The molecule has 0 aliphatic carbocycles. The highest BCUT2D eigenvalue weighted by molar-refractivity contribution is 14.0. The number of hydrogen-bond acceptors (Lipinski definition) is 4. The van der Waals surface area contributed by atoms with E-state index >= 15 is 0 Å². The van der Waals surface area contributed by atoms with Crippen LogP contribution in [0.2, 0.25) is 0 Å². The van der Waals surface area contributed by atoms with E-state index in [9.17, 15) is 9.18 Å². The van der Waals surface area contributed by atoms with Gasteiger partial charge in [-0.2, -0.15) is 0 Å². The lowest BCUT2D eigenvalue weighted by atomic mass is 10.1. The van der Waals surface area contributed by atoms with Crippen LogP contribution in [0, 0.1) is 5.82 Å². The van der Waals surface area contributed by atoms with Gasteiger partial charge in [-0.25, -0.2) is 4.39 Å². The maximum absolute atomic E-state index is 13.2. The van der Waals surface area contributed by atoms with Gasteiger partial charge in [-0.1, -0.05) is 25.0 Å². The molecule has 1 N–H and O–H groups in total. The van der Waals surface area contributed by atoms with Gasteiger partial charge in [0.25, 0.3) is 0 Å². The van der Waals surface area contributed by atoms with Crippen molar-refractivity contribution >= 4 is 35.9 Å². The smallest absolute Gasteiger partial charge is 0.305 e. The van der Waals surface area contributed by atoms with Crippen molar-refractivity contribution in [3.8, 4) is 0 Å². The van der Waals surface area contributed by atoms with Gasteiger partial charge in [0.15, 0.2) is 5.96 Å². The van der Waals surface area contributed by atoms with E-state index in [1.165, 1.54) is 12.1 Å². The van der Waals surface area contributed by atoms with Gasteiger partial charge in [0.2, 0.25) is 0 Å². The van der Waals surface area contributed by atoms with E-state index in [-0.39, 0.29) is 48.0 Å². The number of nitrogens with zero attached hydrogens (tertiary/aromatic N) is 2. The molecule has 1 heterocycles. The molecule has 1 aliphatic heterocycles. The van der Waals surface area contributed by atoms with Crippen molar-refractivity contribution in [1.82, 2.24) is 10.2 Å². The molecular weight excluding hydrogens is 500 g/mol. The number of halogens is 2. The van der Waals surface area contributed by atoms with Gasteiger partial charge in [0, 0.05) is 26.6 Å². The van der Waals surface area contributed by atoms with E-state index in [1.54, 1.807) is 19.2 Å². The van der Waals surface area contributed by atoms with E-state index in [1.807, 2.05) is 13.8 Å². The summed E-state index contributed by atoms with van der Waals surface area (Å²) in [4.78, 5) is 17.9. The molecule has 0 bridgehead atoms. The normalized spacial score (nSPS) is 19.2. The second-order valence-corrected chi connectivity index (χ2v) is 7.34. The minimum absolute atomic E-state index is 0. The Morgan fingerprint density at radius 2 is 1.93 bits per heavy atom. The minimum atomic E-state index is -0.241. The average molecular weight is 535 g/mol. The van der Waals surface area contributed by atoms with Crippen molar-refractivity contribution in [1.29, 1.82) is 0 Å². The van der Waals surface area contributed by atoms with Gasteiger partial charge in [0.05, 0.1) is 19.3 Å². The van der Waals surface area contributed by atoms with Crippen molar-refractivity contribution in [2.75, 3.05) is 33.3 Å². The fraction of sp³-hybridized carbons (Fsp3) is 0.636. The molecule has 0 radical (unpaired) electrons. The number of benzene rings is 1. The number of nitrogens with one attached hydrogen (secondary N) is 1. The van der Waals surface area contributed by atoms with Gasteiger partial charge in [-0.15, -0.1) is 24.0 Å². The van der Waals surface area contributed by atoms with Crippen LogP contribution in [0.15, 0.2) is 29.3 Å². The van der Waals surface area contributed by atoms with E-state index in [2.05, 4.69) is 15.2 Å². The predicted octanol–water partition coefficient (Wildman–Crippen LogP) is 4.29. The van der Waals surface area contributed by atoms with E-state index < -0.39 is 0 Å². The second-order valence-electron chi connectivity index (χ2n) is 7.34. The molecule has 1 aliphatic rings. The van der Waals surface area contributed by atoms with Gasteiger partial charge in [-0.3, -0.25) is 9.79 Å². The van der Waals surface area contributed by atoms with E-state index in [0.717, 1.165) is 50.3 Å². The summed E-state index contributed by atoms with van der Waals surface area (Å²) in [6, 6.07) is 6.50. The first-order chi connectivity index (χ1) is 14.0. The minimum Gasteiger partial charge on any atom is -0.466 e. The number of aliphatic imine (C=N–C) groups is 1. The Morgan fingerprint density at radius 3 is 2.60 bits per heavy atom. The van der Waals surface area contributed by atoms with Crippen LogP contribution in [-0.4, -0.2) is 56.2 Å². The first-order valence-electron chi connectivity index (χ1n) is 10.6. The van der Waals surface area contributed by atoms with Gasteiger partial charge in [0.1, 0.15) is 11.9 Å². The quantitative estimate of drug-likeness (QED) is 0.168. The summed E-state index contributed by atoms with van der Waals surface area (Å²) in [5, 5.41) is 3.43. The lowest BCUT2D eigenvalue weighted by Gasteiger charge is -2.38. The van der Waals surface area contributed by atoms with E-state index in [0.29, 0.717) is 19.6 Å².